The summed E-state index contributed by atoms with van der Waals surface area (Å²) in [6.07, 6.45) is 0. The van der Waals surface area contributed by atoms with Gasteiger partial charge < -0.3 is 5.32 Å². The second-order valence-corrected chi connectivity index (χ2v) is 7.64. The van der Waals surface area contributed by atoms with E-state index in [1.165, 1.54) is 25.1 Å². The van der Waals surface area contributed by atoms with Gasteiger partial charge >= 0.3 is 20.5 Å². The van der Waals surface area contributed by atoms with Crippen LogP contribution in [-0.4, -0.2) is 35.2 Å². The monoisotopic (exact) mass is 345 g/mol. The van der Waals surface area contributed by atoms with Gasteiger partial charge in [0.1, 0.15) is 10.3 Å². The molecule has 0 amide bonds. The minimum Gasteiger partial charge on any atom is -0.368 e. The highest BCUT2D eigenvalue weighted by Gasteiger charge is 2.26. The molecule has 1 aromatic rings. The van der Waals surface area contributed by atoms with Gasteiger partial charge in [-0.1, -0.05) is 12.1 Å². The average Bonchev–Trinajstić information content (AvgIpc) is 2.26. The van der Waals surface area contributed by atoms with Crippen molar-refractivity contribution < 1.29 is 33.4 Å². The predicted octanol–water partition coefficient (Wildman–Crippen LogP) is -0.436. The Labute approximate surface area is 117 Å². The smallest absolute Gasteiger partial charge is 0.368 e. The molecular weight excluding hydrogens is 334 g/mol. The molecule has 0 heterocycles. The first-order valence-electron chi connectivity index (χ1n) is 4.95. The van der Waals surface area contributed by atoms with E-state index in [9.17, 15) is 25.3 Å². The summed E-state index contributed by atoms with van der Waals surface area (Å²) in [7, 11) is -12.9. The second kappa shape index (κ2) is 6.05. The molecule has 1 aromatic carbocycles. The van der Waals surface area contributed by atoms with Crippen LogP contribution in [0.4, 0.5) is 5.69 Å². The zero-order valence-corrected chi connectivity index (χ0v) is 12.5. The van der Waals surface area contributed by atoms with E-state index in [2.05, 4.69) is 8.95 Å². The van der Waals surface area contributed by atoms with E-state index in [1.807, 2.05) is 0 Å². The average molecular weight is 345 g/mol. The van der Waals surface area contributed by atoms with Crippen molar-refractivity contribution in [3.8, 4) is 0 Å². The summed E-state index contributed by atoms with van der Waals surface area (Å²) in [5.41, 5.74) is -0.178. The fraction of sp³-hybridized carbons (Fsp3) is 0.250. The maximum absolute atomic E-state index is 11.7. The molecule has 0 saturated carbocycles. The zero-order valence-electron chi connectivity index (χ0n) is 9.96. The van der Waals surface area contributed by atoms with E-state index < -0.39 is 41.5 Å². The summed E-state index contributed by atoms with van der Waals surface area (Å²) in [6, 6.07) is 4.88. The number of thiol groups is 1. The first-order chi connectivity index (χ1) is 9.03. The molecule has 1 rings (SSSR count). The van der Waals surface area contributed by atoms with Crippen LogP contribution < -0.4 is 5.32 Å². The lowest BCUT2D eigenvalue weighted by Gasteiger charge is -2.13. The largest absolute Gasteiger partial charge is 0.412 e. The molecule has 20 heavy (non-hydrogen) atoms. The Hall–Kier alpha value is -1.21. The summed E-state index contributed by atoms with van der Waals surface area (Å²) in [5, 5.41) is 1.28. The van der Waals surface area contributed by atoms with Crippen LogP contribution in [0.25, 0.3) is 0 Å². The van der Waals surface area contributed by atoms with Gasteiger partial charge in [-0.15, -0.1) is 3.63 Å². The quantitative estimate of drug-likeness (QED) is 0.461. The summed E-state index contributed by atoms with van der Waals surface area (Å²) < 4.78 is 77.9. The normalized spacial score (nSPS) is 14.2. The molecule has 0 fully saturated rings. The molecule has 1 atom stereocenters. The standard InChI is InChI=1S/C8H11NO8S3/c1-6(18(10)11)9-7-4-2-3-5-8(7)19(12,13)17-20(14,15)16/h2-6,9,18H,1H3,(H,14,15,16). The van der Waals surface area contributed by atoms with Gasteiger partial charge in [-0.25, -0.2) is 8.42 Å². The summed E-state index contributed by atoms with van der Waals surface area (Å²) in [4.78, 5) is -0.624. The van der Waals surface area contributed by atoms with Gasteiger partial charge in [0, 0.05) is 0 Å². The van der Waals surface area contributed by atoms with E-state index in [1.54, 1.807) is 0 Å². The number of para-hydroxylation sites is 1. The third kappa shape index (κ3) is 4.72. The van der Waals surface area contributed by atoms with Crippen LogP contribution >= 0.6 is 0 Å². The topological polar surface area (TPSA) is 144 Å². The van der Waals surface area contributed by atoms with Crippen molar-refractivity contribution >= 4 is 36.9 Å². The van der Waals surface area contributed by atoms with Crippen LogP contribution in [0.5, 0.6) is 0 Å². The van der Waals surface area contributed by atoms with Crippen LogP contribution in [0.15, 0.2) is 29.2 Å². The van der Waals surface area contributed by atoms with Crippen molar-refractivity contribution in [1.82, 2.24) is 0 Å². The first kappa shape index (κ1) is 16.8. The maximum atomic E-state index is 11.7. The lowest BCUT2D eigenvalue weighted by atomic mass is 10.3. The lowest BCUT2D eigenvalue weighted by Crippen LogP contribution is -2.20. The number of hydrogen-bond acceptors (Lipinski definition) is 8. The molecule has 9 nitrogen and oxygen atoms in total. The van der Waals surface area contributed by atoms with Crippen LogP contribution in [0, 0.1) is 0 Å². The fourth-order valence-corrected chi connectivity index (χ4v) is 3.32. The molecule has 0 aliphatic rings. The highest BCUT2D eigenvalue weighted by Crippen LogP contribution is 2.24. The van der Waals surface area contributed by atoms with E-state index in [0.29, 0.717) is 0 Å². The molecule has 0 radical (unpaired) electrons. The summed E-state index contributed by atoms with van der Waals surface area (Å²) in [5.74, 6) is 0. The molecule has 12 heteroatoms. The zero-order chi connectivity index (χ0) is 15.6. The molecular formula is C8H11NO8S3. The highest BCUT2D eigenvalue weighted by atomic mass is 32.3. The lowest BCUT2D eigenvalue weighted by molar-refractivity contribution is 0.383. The minimum atomic E-state index is -5.23. The van der Waals surface area contributed by atoms with Crippen molar-refractivity contribution in [2.24, 2.45) is 0 Å². The molecule has 0 aliphatic heterocycles. The molecule has 2 N–H and O–H groups in total. The molecule has 0 saturated heterocycles. The molecule has 0 aliphatic carbocycles. The predicted molar refractivity (Wildman–Crippen MR) is 69.7 cm³/mol. The number of rotatable bonds is 6. The Morgan fingerprint density at radius 2 is 1.75 bits per heavy atom. The number of benzene rings is 1. The van der Waals surface area contributed by atoms with Crippen molar-refractivity contribution in [3.05, 3.63) is 24.3 Å². The highest BCUT2D eigenvalue weighted by molar-refractivity contribution is 7.97. The van der Waals surface area contributed by atoms with E-state index >= 15 is 0 Å². The van der Waals surface area contributed by atoms with Crippen LogP contribution in [-0.2, 0) is 34.9 Å². The minimum absolute atomic E-state index is 0.178. The first-order valence-corrected chi connectivity index (χ1v) is 8.97. The molecule has 0 aromatic heterocycles. The number of hydrogen-bond donors (Lipinski definition) is 3. The van der Waals surface area contributed by atoms with Crippen LogP contribution in [0.3, 0.4) is 0 Å². The van der Waals surface area contributed by atoms with Gasteiger partial charge in [0.25, 0.3) is 0 Å². The molecule has 0 spiro atoms. The van der Waals surface area contributed by atoms with Crippen molar-refractivity contribution in [2.75, 3.05) is 5.32 Å². The van der Waals surface area contributed by atoms with E-state index in [4.69, 9.17) is 4.55 Å². The maximum Gasteiger partial charge on any atom is 0.412 e. The third-order valence-electron chi connectivity index (χ3n) is 2.01. The summed E-state index contributed by atoms with van der Waals surface area (Å²) >= 11 is 0. The van der Waals surface area contributed by atoms with Crippen molar-refractivity contribution in [2.45, 2.75) is 17.2 Å². The second-order valence-electron chi connectivity index (χ2n) is 3.55. The fourth-order valence-electron chi connectivity index (χ4n) is 1.23. The molecule has 114 valence electrons. The van der Waals surface area contributed by atoms with Crippen LogP contribution in [0.2, 0.25) is 0 Å². The number of anilines is 1. The molecule has 1 unspecified atom stereocenters. The SMILES string of the molecule is CC(Nc1ccccc1S(=O)(=O)OS(=O)(=O)O)[SH](=O)=O. The van der Waals surface area contributed by atoms with Gasteiger partial charge in [-0.3, -0.25) is 4.55 Å². The summed E-state index contributed by atoms with van der Waals surface area (Å²) in [6.45, 7) is 1.26. The van der Waals surface area contributed by atoms with E-state index in [-0.39, 0.29) is 5.69 Å². The Morgan fingerprint density at radius 3 is 2.25 bits per heavy atom. The Bertz CT molecular complexity index is 757. The van der Waals surface area contributed by atoms with Gasteiger partial charge in [0.05, 0.1) is 5.69 Å². The van der Waals surface area contributed by atoms with Gasteiger partial charge in [-0.2, -0.15) is 16.8 Å². The third-order valence-corrected chi connectivity index (χ3v) is 5.07. The van der Waals surface area contributed by atoms with Gasteiger partial charge in [-0.05, 0) is 19.1 Å². The van der Waals surface area contributed by atoms with Crippen molar-refractivity contribution in [3.63, 3.8) is 0 Å². The Morgan fingerprint density at radius 1 is 1.20 bits per heavy atom. The van der Waals surface area contributed by atoms with Crippen LogP contribution in [0.1, 0.15) is 6.92 Å². The van der Waals surface area contributed by atoms with Gasteiger partial charge in [0.2, 0.25) is 0 Å². The van der Waals surface area contributed by atoms with Crippen molar-refractivity contribution in [1.29, 1.82) is 0 Å². The number of nitrogens with one attached hydrogen (secondary N) is 1. The van der Waals surface area contributed by atoms with E-state index in [0.717, 1.165) is 6.07 Å². The molecule has 0 bridgehead atoms. The Kier molecular flexibility index (Phi) is 5.10. The van der Waals surface area contributed by atoms with Gasteiger partial charge in [0.15, 0.2) is 10.7 Å². The Balaban J connectivity index is 3.26.